The Morgan fingerprint density at radius 1 is 1.19 bits per heavy atom. The van der Waals surface area contributed by atoms with Crippen LogP contribution >= 0.6 is 54.8 Å². The van der Waals surface area contributed by atoms with E-state index in [2.05, 4.69) is 31.9 Å². The molecule has 1 heterocycles. The smallest absolute Gasteiger partial charge is 0.195 e. The van der Waals surface area contributed by atoms with Gasteiger partial charge in [0.2, 0.25) is 0 Å². The molecule has 1 aromatic heterocycles. The lowest BCUT2D eigenvalue weighted by molar-refractivity contribution is 0.103. The van der Waals surface area contributed by atoms with Gasteiger partial charge in [-0.25, -0.2) is 0 Å². The van der Waals surface area contributed by atoms with Crippen LogP contribution < -0.4 is 0 Å². The van der Waals surface area contributed by atoms with Crippen LogP contribution in [0.1, 0.15) is 15.9 Å². The minimum atomic E-state index is -0.0312. The van der Waals surface area contributed by atoms with Crippen LogP contribution in [0.5, 0.6) is 0 Å². The van der Waals surface area contributed by atoms with Gasteiger partial charge in [0.25, 0.3) is 0 Å². The molecule has 5 heteroatoms. The normalized spacial score (nSPS) is 10.4. The van der Waals surface area contributed by atoms with Crippen molar-refractivity contribution >= 4 is 60.6 Å². The van der Waals surface area contributed by atoms with E-state index in [9.17, 15) is 4.79 Å². The third-order valence-corrected chi connectivity index (χ3v) is 4.36. The first-order chi connectivity index (χ1) is 7.58. The van der Waals surface area contributed by atoms with Gasteiger partial charge in [-0.1, -0.05) is 27.5 Å². The minimum absolute atomic E-state index is 0.0312. The van der Waals surface area contributed by atoms with Gasteiger partial charge in [-0.2, -0.15) is 11.3 Å². The Morgan fingerprint density at radius 3 is 2.50 bits per heavy atom. The van der Waals surface area contributed by atoms with Gasteiger partial charge in [0.05, 0.1) is 0 Å². The summed E-state index contributed by atoms with van der Waals surface area (Å²) in [5.74, 6) is -0.0312. The average molecular weight is 380 g/mol. The molecule has 0 unspecified atom stereocenters. The Bertz CT molecular complexity index is 530. The summed E-state index contributed by atoms with van der Waals surface area (Å²) in [7, 11) is 0. The number of hydrogen-bond donors (Lipinski definition) is 0. The first-order valence-electron chi connectivity index (χ1n) is 4.30. The second-order valence-electron chi connectivity index (χ2n) is 3.12. The standard InChI is InChI=1S/C11H5Br2ClOS/c12-7-1-6(2-8(14)3-7)11(15)9-4-16-5-10(9)13/h1-5H. The molecule has 1 aromatic carbocycles. The highest BCUT2D eigenvalue weighted by Gasteiger charge is 2.14. The van der Waals surface area contributed by atoms with E-state index in [0.717, 1.165) is 8.95 Å². The second kappa shape index (κ2) is 5.00. The van der Waals surface area contributed by atoms with Crippen LogP contribution in [0.25, 0.3) is 0 Å². The SMILES string of the molecule is O=C(c1cc(Cl)cc(Br)c1)c1cscc1Br. The van der Waals surface area contributed by atoms with Gasteiger partial charge in [-0.3, -0.25) is 4.79 Å². The average Bonchev–Trinajstić information content (AvgIpc) is 2.62. The van der Waals surface area contributed by atoms with Crippen molar-refractivity contribution in [2.45, 2.75) is 0 Å². The summed E-state index contributed by atoms with van der Waals surface area (Å²) in [6, 6.07) is 5.18. The van der Waals surface area contributed by atoms with Crippen LogP contribution in [-0.4, -0.2) is 5.78 Å². The monoisotopic (exact) mass is 378 g/mol. The third kappa shape index (κ3) is 2.56. The van der Waals surface area contributed by atoms with Gasteiger partial charge in [-0.15, -0.1) is 0 Å². The first kappa shape index (κ1) is 12.3. The van der Waals surface area contributed by atoms with Crippen molar-refractivity contribution in [2.75, 3.05) is 0 Å². The predicted molar refractivity (Wildman–Crippen MR) is 74.6 cm³/mol. The van der Waals surface area contributed by atoms with Crippen LogP contribution in [0.3, 0.4) is 0 Å². The van der Waals surface area contributed by atoms with Crippen molar-refractivity contribution in [2.24, 2.45) is 0 Å². The first-order valence-corrected chi connectivity index (χ1v) is 7.21. The van der Waals surface area contributed by atoms with E-state index < -0.39 is 0 Å². The lowest BCUT2D eigenvalue weighted by atomic mass is 10.1. The summed E-state index contributed by atoms with van der Waals surface area (Å²) in [6.45, 7) is 0. The van der Waals surface area contributed by atoms with E-state index in [1.54, 1.807) is 18.2 Å². The maximum atomic E-state index is 12.1. The quantitative estimate of drug-likeness (QED) is 0.658. The Balaban J connectivity index is 2.45. The van der Waals surface area contributed by atoms with Crippen LogP contribution in [0, 0.1) is 0 Å². The number of halogens is 3. The summed E-state index contributed by atoms with van der Waals surface area (Å²) in [4.78, 5) is 12.1. The molecule has 0 saturated heterocycles. The fraction of sp³-hybridized carbons (Fsp3) is 0. The van der Waals surface area contributed by atoms with Crippen molar-refractivity contribution in [3.05, 3.63) is 54.1 Å². The largest absolute Gasteiger partial charge is 0.289 e. The highest BCUT2D eigenvalue weighted by molar-refractivity contribution is 9.10. The summed E-state index contributed by atoms with van der Waals surface area (Å²) in [5, 5.41) is 4.25. The van der Waals surface area contributed by atoms with Crippen LogP contribution in [0.2, 0.25) is 5.02 Å². The zero-order chi connectivity index (χ0) is 11.7. The second-order valence-corrected chi connectivity index (χ2v) is 6.07. The molecular formula is C11H5Br2ClOS. The molecule has 0 saturated carbocycles. The molecule has 82 valence electrons. The molecule has 1 nitrogen and oxygen atoms in total. The zero-order valence-corrected chi connectivity index (χ0v) is 12.6. The molecule has 0 N–H and O–H groups in total. The van der Waals surface area contributed by atoms with Crippen LogP contribution in [-0.2, 0) is 0 Å². The molecule has 0 spiro atoms. The van der Waals surface area contributed by atoms with Gasteiger partial charge < -0.3 is 0 Å². The van der Waals surface area contributed by atoms with E-state index in [1.165, 1.54) is 11.3 Å². The Kier molecular flexibility index (Phi) is 3.85. The zero-order valence-electron chi connectivity index (χ0n) is 7.84. The highest BCUT2D eigenvalue weighted by atomic mass is 79.9. The fourth-order valence-electron chi connectivity index (χ4n) is 1.28. The number of thiophene rings is 1. The van der Waals surface area contributed by atoms with E-state index in [0.29, 0.717) is 16.1 Å². The summed E-state index contributed by atoms with van der Waals surface area (Å²) < 4.78 is 1.62. The third-order valence-electron chi connectivity index (χ3n) is 1.98. The molecule has 0 atom stereocenters. The van der Waals surface area contributed by atoms with E-state index >= 15 is 0 Å². The van der Waals surface area contributed by atoms with Crippen molar-refractivity contribution < 1.29 is 4.79 Å². The predicted octanol–water partition coefficient (Wildman–Crippen LogP) is 5.16. The molecule has 0 radical (unpaired) electrons. The Hall–Kier alpha value is -0.160. The van der Waals surface area contributed by atoms with Gasteiger partial charge >= 0.3 is 0 Å². The minimum Gasteiger partial charge on any atom is -0.289 e. The Labute approximate surface area is 119 Å². The molecule has 0 amide bonds. The molecule has 2 rings (SSSR count). The summed E-state index contributed by atoms with van der Waals surface area (Å²) >= 11 is 14.1. The summed E-state index contributed by atoms with van der Waals surface area (Å²) in [6.07, 6.45) is 0. The number of hydrogen-bond acceptors (Lipinski definition) is 2. The fourth-order valence-corrected chi connectivity index (χ4v) is 3.60. The lowest BCUT2D eigenvalue weighted by Gasteiger charge is -2.01. The van der Waals surface area contributed by atoms with Crippen LogP contribution in [0.15, 0.2) is 37.9 Å². The Morgan fingerprint density at radius 2 is 1.94 bits per heavy atom. The van der Waals surface area contributed by atoms with E-state index in [4.69, 9.17) is 11.6 Å². The molecule has 0 fully saturated rings. The van der Waals surface area contributed by atoms with Gasteiger partial charge in [0.1, 0.15) is 0 Å². The van der Waals surface area contributed by atoms with Gasteiger partial charge in [0, 0.05) is 35.9 Å². The molecule has 0 bridgehead atoms. The number of carbonyl (C=O) groups is 1. The van der Waals surface area contributed by atoms with Crippen molar-refractivity contribution in [3.8, 4) is 0 Å². The van der Waals surface area contributed by atoms with Gasteiger partial charge in [0.15, 0.2) is 5.78 Å². The van der Waals surface area contributed by atoms with Crippen molar-refractivity contribution in [1.29, 1.82) is 0 Å². The van der Waals surface area contributed by atoms with Crippen molar-refractivity contribution in [3.63, 3.8) is 0 Å². The van der Waals surface area contributed by atoms with Crippen LogP contribution in [0.4, 0.5) is 0 Å². The topological polar surface area (TPSA) is 17.1 Å². The van der Waals surface area contributed by atoms with Gasteiger partial charge in [-0.05, 0) is 34.1 Å². The molecule has 2 aromatic rings. The highest BCUT2D eigenvalue weighted by Crippen LogP contribution is 2.26. The van der Waals surface area contributed by atoms with E-state index in [1.807, 2.05) is 10.8 Å². The van der Waals surface area contributed by atoms with Crippen molar-refractivity contribution in [1.82, 2.24) is 0 Å². The van der Waals surface area contributed by atoms with E-state index in [-0.39, 0.29) is 5.78 Å². The molecule has 0 aliphatic heterocycles. The molecule has 16 heavy (non-hydrogen) atoms. The molecule has 0 aliphatic carbocycles. The maximum Gasteiger partial charge on any atom is 0.195 e. The number of carbonyl (C=O) groups excluding carboxylic acids is 1. The molecule has 0 aliphatic rings. The lowest BCUT2D eigenvalue weighted by Crippen LogP contribution is -2.00. The molecular weight excluding hydrogens is 375 g/mol. The number of benzene rings is 1. The summed E-state index contributed by atoms with van der Waals surface area (Å²) in [5.41, 5.74) is 1.25. The number of ketones is 1. The number of rotatable bonds is 2. The maximum absolute atomic E-state index is 12.1.